The molecule has 3 aromatic rings. The number of primary amides is 1. The summed E-state index contributed by atoms with van der Waals surface area (Å²) < 4.78 is 0. The number of para-hydroxylation sites is 1. The van der Waals surface area contributed by atoms with E-state index in [0.717, 1.165) is 16.3 Å². The fourth-order valence-electron chi connectivity index (χ4n) is 1.88. The van der Waals surface area contributed by atoms with Crippen LogP contribution in [0.5, 0.6) is 0 Å². The van der Waals surface area contributed by atoms with Crippen molar-refractivity contribution in [2.75, 3.05) is 0 Å². The first kappa shape index (κ1) is 9.72. The maximum Gasteiger partial charge on any atom is 0.252 e. The van der Waals surface area contributed by atoms with Crippen LogP contribution in [0.3, 0.4) is 0 Å². The summed E-state index contributed by atoms with van der Waals surface area (Å²) in [5.41, 5.74) is 7.10. The Morgan fingerprint density at radius 2 is 1.94 bits per heavy atom. The van der Waals surface area contributed by atoms with Gasteiger partial charge in [0.15, 0.2) is 0 Å². The lowest BCUT2D eigenvalue weighted by Gasteiger charge is -2.03. The first-order valence-electron chi connectivity index (χ1n) is 5.19. The summed E-state index contributed by atoms with van der Waals surface area (Å²) >= 11 is 0. The zero-order chi connectivity index (χ0) is 11.8. The van der Waals surface area contributed by atoms with E-state index in [1.165, 1.54) is 6.20 Å². The number of carbonyl (C=O) groups excluding carboxylic acids is 1. The molecule has 2 aromatic heterocycles. The molecule has 0 fully saturated rings. The molecule has 0 radical (unpaired) electrons. The second-order valence-electron chi connectivity index (χ2n) is 3.80. The van der Waals surface area contributed by atoms with Crippen LogP contribution in [0.1, 0.15) is 10.4 Å². The van der Waals surface area contributed by atoms with Crippen molar-refractivity contribution in [2.24, 2.45) is 5.73 Å². The fraction of sp³-hybridized carbons (Fsp3) is 0. The number of nitrogens with two attached hydrogens (primary N) is 1. The van der Waals surface area contributed by atoms with Crippen molar-refractivity contribution in [3.8, 4) is 0 Å². The molecule has 4 heteroatoms. The predicted octanol–water partition coefficient (Wildman–Crippen LogP) is 1.88. The third kappa shape index (κ3) is 1.50. The highest BCUT2D eigenvalue weighted by atomic mass is 16.1. The largest absolute Gasteiger partial charge is 0.365 e. The fourth-order valence-corrected chi connectivity index (χ4v) is 1.88. The standard InChI is InChI=1S/C13H9N3O/c14-13(17)10-7-15-6-9-5-8-3-1-2-4-11(8)16-12(9)10/h1-7H,(H2,14,17). The number of nitrogens with zero attached hydrogens (tertiary/aromatic N) is 2. The van der Waals surface area contributed by atoms with Crippen LogP contribution in [0.2, 0.25) is 0 Å². The van der Waals surface area contributed by atoms with Gasteiger partial charge >= 0.3 is 0 Å². The number of carbonyl (C=O) groups is 1. The van der Waals surface area contributed by atoms with Gasteiger partial charge in [0, 0.05) is 23.2 Å². The highest BCUT2D eigenvalue weighted by Crippen LogP contribution is 2.20. The van der Waals surface area contributed by atoms with Crippen LogP contribution >= 0.6 is 0 Å². The van der Waals surface area contributed by atoms with Gasteiger partial charge in [-0.1, -0.05) is 18.2 Å². The van der Waals surface area contributed by atoms with Crippen LogP contribution in [0.25, 0.3) is 21.8 Å². The second-order valence-corrected chi connectivity index (χ2v) is 3.80. The molecule has 1 amide bonds. The number of rotatable bonds is 1. The van der Waals surface area contributed by atoms with E-state index in [1.54, 1.807) is 6.20 Å². The summed E-state index contributed by atoms with van der Waals surface area (Å²) in [5, 5.41) is 1.84. The summed E-state index contributed by atoms with van der Waals surface area (Å²) in [4.78, 5) is 19.8. The van der Waals surface area contributed by atoms with E-state index in [9.17, 15) is 4.79 Å². The maximum absolute atomic E-state index is 11.3. The topological polar surface area (TPSA) is 68.9 Å². The molecule has 4 nitrogen and oxygen atoms in total. The van der Waals surface area contributed by atoms with Gasteiger partial charge in [-0.3, -0.25) is 9.78 Å². The Kier molecular flexibility index (Phi) is 2.01. The van der Waals surface area contributed by atoms with E-state index < -0.39 is 5.91 Å². The first-order chi connectivity index (χ1) is 8.25. The molecule has 0 saturated heterocycles. The second kappa shape index (κ2) is 3.52. The molecule has 2 N–H and O–H groups in total. The number of benzene rings is 1. The molecule has 0 bridgehead atoms. The van der Waals surface area contributed by atoms with Crippen molar-refractivity contribution < 1.29 is 4.79 Å². The molecule has 0 aliphatic rings. The van der Waals surface area contributed by atoms with Gasteiger partial charge in [0.25, 0.3) is 5.91 Å². The average Bonchev–Trinajstić information content (AvgIpc) is 2.35. The Morgan fingerprint density at radius 3 is 2.76 bits per heavy atom. The number of hydrogen-bond donors (Lipinski definition) is 1. The highest BCUT2D eigenvalue weighted by Gasteiger charge is 2.09. The van der Waals surface area contributed by atoms with Gasteiger partial charge in [0.2, 0.25) is 0 Å². The normalized spacial score (nSPS) is 10.8. The van der Waals surface area contributed by atoms with Gasteiger partial charge in [-0.2, -0.15) is 0 Å². The van der Waals surface area contributed by atoms with E-state index in [-0.39, 0.29) is 0 Å². The molecule has 2 heterocycles. The monoisotopic (exact) mass is 223 g/mol. The van der Waals surface area contributed by atoms with Gasteiger partial charge < -0.3 is 5.73 Å². The average molecular weight is 223 g/mol. The van der Waals surface area contributed by atoms with Gasteiger partial charge in [-0.25, -0.2) is 4.98 Å². The molecule has 3 rings (SSSR count). The summed E-state index contributed by atoms with van der Waals surface area (Å²) in [7, 11) is 0. The van der Waals surface area contributed by atoms with Crippen LogP contribution < -0.4 is 5.73 Å². The zero-order valence-electron chi connectivity index (χ0n) is 8.92. The molecule has 0 aliphatic heterocycles. The molecule has 0 aliphatic carbocycles. The third-order valence-electron chi connectivity index (χ3n) is 2.69. The van der Waals surface area contributed by atoms with Gasteiger partial charge in [-0.05, 0) is 12.1 Å². The molecule has 17 heavy (non-hydrogen) atoms. The predicted molar refractivity (Wildman–Crippen MR) is 65.6 cm³/mol. The smallest absolute Gasteiger partial charge is 0.252 e. The van der Waals surface area contributed by atoms with Crippen molar-refractivity contribution in [2.45, 2.75) is 0 Å². The minimum Gasteiger partial charge on any atom is -0.365 e. The summed E-state index contributed by atoms with van der Waals surface area (Å²) in [6, 6.07) is 9.68. The molecule has 0 atom stereocenters. The van der Waals surface area contributed by atoms with E-state index in [0.29, 0.717) is 11.1 Å². The lowest BCUT2D eigenvalue weighted by molar-refractivity contribution is 0.100. The minimum atomic E-state index is -0.508. The quantitative estimate of drug-likeness (QED) is 0.640. The lowest BCUT2D eigenvalue weighted by Crippen LogP contribution is -2.12. The van der Waals surface area contributed by atoms with Gasteiger partial charge in [-0.15, -0.1) is 0 Å². The minimum absolute atomic E-state index is 0.355. The zero-order valence-corrected chi connectivity index (χ0v) is 8.92. The van der Waals surface area contributed by atoms with Crippen LogP contribution in [-0.4, -0.2) is 15.9 Å². The summed E-state index contributed by atoms with van der Waals surface area (Å²) in [5.74, 6) is -0.508. The van der Waals surface area contributed by atoms with Crippen LogP contribution in [-0.2, 0) is 0 Å². The Labute approximate surface area is 97.1 Å². The number of aromatic nitrogens is 2. The molecule has 1 aromatic carbocycles. The van der Waals surface area contributed by atoms with Crippen LogP contribution in [0, 0.1) is 0 Å². The summed E-state index contributed by atoms with van der Waals surface area (Å²) in [6.07, 6.45) is 3.13. The van der Waals surface area contributed by atoms with Crippen molar-refractivity contribution in [3.63, 3.8) is 0 Å². The third-order valence-corrected chi connectivity index (χ3v) is 2.69. The number of hydrogen-bond acceptors (Lipinski definition) is 3. The summed E-state index contributed by atoms with van der Waals surface area (Å²) in [6.45, 7) is 0. The molecule has 0 spiro atoms. The van der Waals surface area contributed by atoms with Crippen molar-refractivity contribution in [3.05, 3.63) is 48.3 Å². The molecular formula is C13H9N3O. The van der Waals surface area contributed by atoms with E-state index in [4.69, 9.17) is 5.73 Å². The molecular weight excluding hydrogens is 214 g/mol. The maximum atomic E-state index is 11.3. The molecule has 0 saturated carbocycles. The molecule has 0 unspecified atom stereocenters. The van der Waals surface area contributed by atoms with E-state index in [1.807, 2.05) is 30.3 Å². The van der Waals surface area contributed by atoms with E-state index >= 15 is 0 Å². The Hall–Kier alpha value is -2.49. The first-order valence-corrected chi connectivity index (χ1v) is 5.19. The SMILES string of the molecule is NC(=O)c1cncc2cc3ccccc3nc12. The Balaban J connectivity index is 2.47. The Morgan fingerprint density at radius 1 is 1.12 bits per heavy atom. The van der Waals surface area contributed by atoms with E-state index in [2.05, 4.69) is 9.97 Å². The van der Waals surface area contributed by atoms with Crippen molar-refractivity contribution >= 4 is 27.7 Å². The van der Waals surface area contributed by atoms with Gasteiger partial charge in [0.1, 0.15) is 0 Å². The Bertz CT molecular complexity index is 737. The van der Waals surface area contributed by atoms with Gasteiger partial charge in [0.05, 0.1) is 16.6 Å². The van der Waals surface area contributed by atoms with Crippen molar-refractivity contribution in [1.29, 1.82) is 0 Å². The van der Waals surface area contributed by atoms with Crippen LogP contribution in [0.15, 0.2) is 42.7 Å². The number of amides is 1. The number of pyridine rings is 2. The van der Waals surface area contributed by atoms with Crippen molar-refractivity contribution in [1.82, 2.24) is 9.97 Å². The highest BCUT2D eigenvalue weighted by molar-refractivity contribution is 6.06. The molecule has 82 valence electrons. The number of fused-ring (bicyclic) bond motifs is 2. The lowest BCUT2D eigenvalue weighted by atomic mass is 10.1. The van der Waals surface area contributed by atoms with Crippen LogP contribution in [0.4, 0.5) is 0 Å².